The van der Waals surface area contributed by atoms with Crippen molar-refractivity contribution in [3.8, 4) is 17.6 Å². The Labute approximate surface area is 177 Å². The van der Waals surface area contributed by atoms with Crippen LogP contribution in [0.2, 0.25) is 0 Å². The summed E-state index contributed by atoms with van der Waals surface area (Å²) in [6.07, 6.45) is 0. The van der Waals surface area contributed by atoms with Crippen LogP contribution in [-0.2, 0) is 11.3 Å². The third-order valence-electron chi connectivity index (χ3n) is 5.17. The predicted molar refractivity (Wildman–Crippen MR) is 109 cm³/mol. The number of fused-ring (bicyclic) bond motifs is 1. The van der Waals surface area contributed by atoms with E-state index in [0.717, 1.165) is 5.56 Å². The van der Waals surface area contributed by atoms with E-state index >= 15 is 0 Å². The highest BCUT2D eigenvalue weighted by molar-refractivity contribution is 6.10. The van der Waals surface area contributed by atoms with Gasteiger partial charge in [0, 0.05) is 17.7 Å². The number of primary amides is 1. The smallest absolute Gasteiger partial charge is 0.323 e. The molecular weight excluding hydrogens is 400 g/mol. The maximum atomic E-state index is 12.9. The fourth-order valence-electron chi connectivity index (χ4n) is 3.59. The molecule has 9 nitrogen and oxygen atoms in total. The monoisotopic (exact) mass is 418 g/mol. The average Bonchev–Trinajstić information content (AvgIpc) is 3.21. The normalized spacial score (nSPS) is 19.3. The fourth-order valence-corrected chi connectivity index (χ4v) is 3.59. The first-order chi connectivity index (χ1) is 14.8. The molecular formula is C22H18N4O5. The standard InChI is InChI=1S/C22H18N4O5/c1-31-15-7-6-14-11-26(19(28)17(14)10-15)12-22(20(29)24-21(30)25-22)9-8-13-4-2-3-5-16(13)18(23)27/h2-7,10H,11-12H2,1H3,(H2,23,27)(H2,24,25,29,30)/t22-/m1/s1. The molecule has 0 aromatic heterocycles. The summed E-state index contributed by atoms with van der Waals surface area (Å²) in [7, 11) is 1.51. The van der Waals surface area contributed by atoms with Crippen molar-refractivity contribution in [2.75, 3.05) is 13.7 Å². The molecule has 4 N–H and O–H groups in total. The molecule has 2 aromatic rings. The number of carbonyl (C=O) groups is 4. The Morgan fingerprint density at radius 2 is 2.00 bits per heavy atom. The third kappa shape index (κ3) is 3.55. The van der Waals surface area contributed by atoms with E-state index in [9.17, 15) is 19.2 Å². The van der Waals surface area contributed by atoms with Gasteiger partial charge in [0.2, 0.25) is 11.4 Å². The summed E-state index contributed by atoms with van der Waals surface area (Å²) in [5, 5.41) is 4.69. The van der Waals surface area contributed by atoms with Crippen LogP contribution in [0.5, 0.6) is 5.75 Å². The van der Waals surface area contributed by atoms with Crippen molar-refractivity contribution in [3.05, 3.63) is 64.7 Å². The summed E-state index contributed by atoms with van der Waals surface area (Å²) in [4.78, 5) is 50.6. The molecule has 0 spiro atoms. The zero-order valence-electron chi connectivity index (χ0n) is 16.5. The van der Waals surface area contributed by atoms with Gasteiger partial charge in [-0.25, -0.2) is 4.79 Å². The Bertz CT molecular complexity index is 1200. The molecule has 0 saturated carbocycles. The molecule has 9 heteroatoms. The minimum atomic E-state index is -1.68. The maximum Gasteiger partial charge on any atom is 0.323 e. The second kappa shape index (κ2) is 7.50. The second-order valence-electron chi connectivity index (χ2n) is 7.16. The lowest BCUT2D eigenvalue weighted by atomic mass is 9.98. The van der Waals surface area contributed by atoms with Crippen molar-refractivity contribution in [1.29, 1.82) is 0 Å². The van der Waals surface area contributed by atoms with Crippen LogP contribution in [0.15, 0.2) is 42.5 Å². The highest BCUT2D eigenvalue weighted by Gasteiger charge is 2.48. The van der Waals surface area contributed by atoms with Crippen LogP contribution in [-0.4, -0.2) is 47.8 Å². The van der Waals surface area contributed by atoms with Crippen molar-refractivity contribution < 1.29 is 23.9 Å². The number of methoxy groups -OCH3 is 1. The van der Waals surface area contributed by atoms with E-state index < -0.39 is 23.4 Å². The second-order valence-corrected chi connectivity index (χ2v) is 7.16. The summed E-state index contributed by atoms with van der Waals surface area (Å²) in [6.45, 7) is 0.0781. The first kappa shape index (κ1) is 20.0. The first-order valence-corrected chi connectivity index (χ1v) is 9.35. The third-order valence-corrected chi connectivity index (χ3v) is 5.17. The molecule has 156 valence electrons. The van der Waals surface area contributed by atoms with Gasteiger partial charge in [0.25, 0.3) is 11.8 Å². The van der Waals surface area contributed by atoms with E-state index in [1.807, 2.05) is 0 Å². The van der Waals surface area contributed by atoms with E-state index in [2.05, 4.69) is 22.5 Å². The van der Waals surface area contributed by atoms with Gasteiger partial charge in [-0.3, -0.25) is 19.7 Å². The van der Waals surface area contributed by atoms with Crippen molar-refractivity contribution >= 4 is 23.8 Å². The Morgan fingerprint density at radius 1 is 1.23 bits per heavy atom. The van der Waals surface area contributed by atoms with Gasteiger partial charge in [-0.1, -0.05) is 30.0 Å². The molecule has 1 saturated heterocycles. The average molecular weight is 418 g/mol. The molecule has 2 aliphatic heterocycles. The molecule has 2 aromatic carbocycles. The number of amides is 5. The minimum Gasteiger partial charge on any atom is -0.497 e. The summed E-state index contributed by atoms with van der Waals surface area (Å²) in [5.41, 5.74) is 5.44. The molecule has 0 bridgehead atoms. The van der Waals surface area contributed by atoms with Crippen LogP contribution in [0, 0.1) is 11.8 Å². The lowest BCUT2D eigenvalue weighted by molar-refractivity contribution is -0.122. The number of carbonyl (C=O) groups excluding carboxylic acids is 4. The largest absolute Gasteiger partial charge is 0.497 e. The molecule has 0 aliphatic carbocycles. The highest BCUT2D eigenvalue weighted by Crippen LogP contribution is 2.28. The van der Waals surface area contributed by atoms with Crippen LogP contribution in [0.4, 0.5) is 4.79 Å². The fraction of sp³-hybridized carbons (Fsp3) is 0.182. The van der Waals surface area contributed by atoms with Crippen LogP contribution in [0.3, 0.4) is 0 Å². The molecule has 0 radical (unpaired) electrons. The topological polar surface area (TPSA) is 131 Å². The first-order valence-electron chi connectivity index (χ1n) is 9.35. The summed E-state index contributed by atoms with van der Waals surface area (Å²) in [6, 6.07) is 10.8. The van der Waals surface area contributed by atoms with E-state index in [4.69, 9.17) is 10.5 Å². The molecule has 4 rings (SSSR count). The number of nitrogens with zero attached hydrogens (tertiary/aromatic N) is 1. The molecule has 31 heavy (non-hydrogen) atoms. The van der Waals surface area contributed by atoms with Gasteiger partial charge in [-0.05, 0) is 29.8 Å². The zero-order valence-corrected chi connectivity index (χ0v) is 16.5. The van der Waals surface area contributed by atoms with E-state index in [1.54, 1.807) is 36.4 Å². The minimum absolute atomic E-state index is 0.174. The molecule has 0 unspecified atom stereocenters. The molecule has 5 amide bonds. The van der Waals surface area contributed by atoms with Crippen molar-refractivity contribution in [3.63, 3.8) is 0 Å². The molecule has 2 aliphatic rings. The number of hydrogen-bond acceptors (Lipinski definition) is 5. The number of ether oxygens (including phenoxy) is 1. The highest BCUT2D eigenvalue weighted by atomic mass is 16.5. The van der Waals surface area contributed by atoms with Gasteiger partial charge in [0.1, 0.15) is 5.75 Å². The van der Waals surface area contributed by atoms with Crippen LogP contribution in [0.1, 0.15) is 31.8 Å². The number of urea groups is 1. The van der Waals surface area contributed by atoms with Crippen LogP contribution in [0.25, 0.3) is 0 Å². The summed E-state index contributed by atoms with van der Waals surface area (Å²) < 4.78 is 5.17. The maximum absolute atomic E-state index is 12.9. The van der Waals surface area contributed by atoms with Gasteiger partial charge in [-0.15, -0.1) is 0 Å². The lowest BCUT2D eigenvalue weighted by Crippen LogP contribution is -2.54. The summed E-state index contributed by atoms with van der Waals surface area (Å²) >= 11 is 0. The quantitative estimate of drug-likeness (QED) is 0.488. The number of hydrogen-bond donors (Lipinski definition) is 3. The Balaban J connectivity index is 1.68. The van der Waals surface area contributed by atoms with Crippen LogP contribution < -0.4 is 21.1 Å². The Hall–Kier alpha value is -4.32. The van der Waals surface area contributed by atoms with Gasteiger partial charge in [-0.2, -0.15) is 0 Å². The van der Waals surface area contributed by atoms with Gasteiger partial charge in [0.15, 0.2) is 0 Å². The zero-order chi connectivity index (χ0) is 22.2. The Morgan fingerprint density at radius 3 is 2.68 bits per heavy atom. The number of imide groups is 1. The number of nitrogens with two attached hydrogens (primary N) is 1. The van der Waals surface area contributed by atoms with E-state index in [1.165, 1.54) is 18.1 Å². The SMILES string of the molecule is COc1ccc2c(c1)C(=O)N(C[C@@]1(C#Cc3ccccc3C(N)=O)NC(=O)NC1=O)C2. The number of rotatable bonds is 4. The van der Waals surface area contributed by atoms with Gasteiger partial charge < -0.3 is 20.7 Å². The van der Waals surface area contributed by atoms with Gasteiger partial charge >= 0.3 is 6.03 Å². The van der Waals surface area contributed by atoms with E-state index in [-0.39, 0.29) is 24.6 Å². The number of nitrogens with one attached hydrogen (secondary N) is 2. The van der Waals surface area contributed by atoms with Crippen molar-refractivity contribution in [2.45, 2.75) is 12.1 Å². The summed E-state index contributed by atoms with van der Waals surface area (Å²) in [5.74, 6) is 4.43. The van der Waals surface area contributed by atoms with Crippen molar-refractivity contribution in [1.82, 2.24) is 15.5 Å². The lowest BCUT2D eigenvalue weighted by Gasteiger charge is -2.26. The number of benzene rings is 2. The molecule has 2 heterocycles. The predicted octanol–water partition coefficient (Wildman–Crippen LogP) is 0.380. The van der Waals surface area contributed by atoms with Crippen LogP contribution >= 0.6 is 0 Å². The molecule has 1 fully saturated rings. The van der Waals surface area contributed by atoms with Gasteiger partial charge in [0.05, 0.1) is 19.2 Å². The molecule has 1 atom stereocenters. The van der Waals surface area contributed by atoms with Crippen molar-refractivity contribution in [2.24, 2.45) is 5.73 Å². The Kier molecular flexibility index (Phi) is 4.83. The van der Waals surface area contributed by atoms with E-state index in [0.29, 0.717) is 16.9 Å².